The molecule has 1 aromatic heterocycles. The molecule has 2 aliphatic rings. The minimum atomic E-state index is 0.778. The molecule has 0 radical (unpaired) electrons. The summed E-state index contributed by atoms with van der Waals surface area (Å²) in [6, 6.07) is 0. The predicted octanol–water partition coefficient (Wildman–Crippen LogP) is 1.39. The van der Waals surface area contributed by atoms with Crippen molar-refractivity contribution < 1.29 is 0 Å². The maximum atomic E-state index is 4.43. The summed E-state index contributed by atoms with van der Waals surface area (Å²) < 4.78 is 0. The average Bonchev–Trinajstić information content (AvgIpc) is 2.53. The van der Waals surface area contributed by atoms with Gasteiger partial charge >= 0.3 is 0 Å². The topological polar surface area (TPSA) is 24.9 Å². The summed E-state index contributed by atoms with van der Waals surface area (Å²) in [6.07, 6.45) is 2.60. The van der Waals surface area contributed by atoms with Gasteiger partial charge in [0, 0.05) is 17.3 Å². The first-order valence-corrected chi connectivity index (χ1v) is 5.44. The van der Waals surface area contributed by atoms with E-state index in [0.717, 1.165) is 11.8 Å². The van der Waals surface area contributed by atoms with Crippen molar-refractivity contribution in [2.45, 2.75) is 18.8 Å². The summed E-state index contributed by atoms with van der Waals surface area (Å²) in [5, 5.41) is 3.50. The van der Waals surface area contributed by atoms with Crippen LogP contribution in [-0.2, 0) is 6.42 Å². The second-order valence-electron chi connectivity index (χ2n) is 3.82. The summed E-state index contributed by atoms with van der Waals surface area (Å²) in [5.74, 6) is 1.64. The Labute approximate surface area is 76.0 Å². The van der Waals surface area contributed by atoms with E-state index in [4.69, 9.17) is 0 Å². The van der Waals surface area contributed by atoms with Gasteiger partial charge in [-0.05, 0) is 25.3 Å². The first-order valence-electron chi connectivity index (χ1n) is 4.56. The smallest absolute Gasteiger partial charge is 0.0797 e. The van der Waals surface area contributed by atoms with Crippen molar-refractivity contribution in [3.8, 4) is 0 Å². The third kappa shape index (κ3) is 0.930. The molecule has 2 unspecified atom stereocenters. The molecule has 3 heteroatoms. The minimum absolute atomic E-state index is 0.778. The second kappa shape index (κ2) is 2.54. The highest BCUT2D eigenvalue weighted by atomic mass is 32.1. The Bertz CT molecular complexity index is 294. The maximum absolute atomic E-state index is 4.43. The van der Waals surface area contributed by atoms with Crippen molar-refractivity contribution in [2.75, 3.05) is 13.1 Å². The quantitative estimate of drug-likeness (QED) is 0.652. The fraction of sp³-hybridized carbons (Fsp3) is 0.667. The Morgan fingerprint density at radius 3 is 3.50 bits per heavy atom. The van der Waals surface area contributed by atoms with Crippen LogP contribution in [-0.4, -0.2) is 18.1 Å². The van der Waals surface area contributed by atoms with E-state index in [1.165, 1.54) is 31.6 Å². The standard InChI is InChI=1S/C9H12N2S/c1-6-2-8-9(12-5-11-8)7(1)4-10-3-6/h5-7,10H,1-4H2. The normalized spacial score (nSPS) is 33.0. The molecule has 2 bridgehead atoms. The fourth-order valence-corrected chi connectivity index (χ4v) is 3.36. The van der Waals surface area contributed by atoms with Crippen molar-refractivity contribution in [3.63, 3.8) is 0 Å². The molecule has 1 saturated heterocycles. The summed E-state index contributed by atoms with van der Waals surface area (Å²) >= 11 is 1.84. The van der Waals surface area contributed by atoms with Crippen LogP contribution in [0.1, 0.15) is 22.9 Å². The van der Waals surface area contributed by atoms with Crippen molar-refractivity contribution in [3.05, 3.63) is 16.1 Å². The Kier molecular flexibility index (Phi) is 1.49. The maximum Gasteiger partial charge on any atom is 0.0797 e. The third-order valence-electron chi connectivity index (χ3n) is 2.97. The lowest BCUT2D eigenvalue weighted by molar-refractivity contribution is 0.319. The molecule has 2 atom stereocenters. The molecule has 1 fully saturated rings. The van der Waals surface area contributed by atoms with Crippen LogP contribution in [0.2, 0.25) is 0 Å². The van der Waals surface area contributed by atoms with E-state index in [2.05, 4.69) is 10.3 Å². The zero-order valence-electron chi connectivity index (χ0n) is 6.92. The van der Waals surface area contributed by atoms with Gasteiger partial charge in [-0.15, -0.1) is 11.3 Å². The zero-order valence-corrected chi connectivity index (χ0v) is 7.73. The van der Waals surface area contributed by atoms with Crippen molar-refractivity contribution in [1.82, 2.24) is 10.3 Å². The Balaban J connectivity index is 2.04. The highest BCUT2D eigenvalue weighted by Gasteiger charge is 2.31. The molecule has 0 amide bonds. The van der Waals surface area contributed by atoms with Gasteiger partial charge in [0.05, 0.1) is 11.2 Å². The van der Waals surface area contributed by atoms with Gasteiger partial charge in [0.25, 0.3) is 0 Å². The highest BCUT2D eigenvalue weighted by molar-refractivity contribution is 7.09. The Morgan fingerprint density at radius 1 is 1.50 bits per heavy atom. The number of piperidine rings is 1. The SMILES string of the molecule is c1nc2c(s1)C1CNCC(C2)C1. The van der Waals surface area contributed by atoms with E-state index in [1.807, 2.05) is 16.8 Å². The van der Waals surface area contributed by atoms with Crippen LogP contribution in [0.5, 0.6) is 0 Å². The summed E-state index contributed by atoms with van der Waals surface area (Å²) in [6.45, 7) is 2.37. The number of rotatable bonds is 0. The van der Waals surface area contributed by atoms with Crippen LogP contribution in [0.3, 0.4) is 0 Å². The van der Waals surface area contributed by atoms with Crippen LogP contribution < -0.4 is 5.32 Å². The number of fused-ring (bicyclic) bond motifs is 4. The Morgan fingerprint density at radius 2 is 2.50 bits per heavy atom. The largest absolute Gasteiger partial charge is 0.316 e. The number of nitrogens with one attached hydrogen (secondary N) is 1. The van der Waals surface area contributed by atoms with E-state index >= 15 is 0 Å². The molecule has 1 aromatic rings. The fourth-order valence-electron chi connectivity index (χ4n) is 2.42. The lowest BCUT2D eigenvalue weighted by atomic mass is 9.80. The lowest BCUT2D eigenvalue weighted by Crippen LogP contribution is -2.38. The first-order chi connectivity index (χ1) is 5.93. The first kappa shape index (κ1) is 7.04. The molecule has 1 aliphatic heterocycles. The van der Waals surface area contributed by atoms with Gasteiger partial charge < -0.3 is 5.32 Å². The van der Waals surface area contributed by atoms with Gasteiger partial charge in [0.1, 0.15) is 0 Å². The Hall–Kier alpha value is -0.410. The van der Waals surface area contributed by atoms with Gasteiger partial charge in [-0.1, -0.05) is 0 Å². The van der Waals surface area contributed by atoms with Gasteiger partial charge in [0.2, 0.25) is 0 Å². The molecule has 0 saturated carbocycles. The highest BCUT2D eigenvalue weighted by Crippen LogP contribution is 2.38. The van der Waals surface area contributed by atoms with E-state index < -0.39 is 0 Å². The van der Waals surface area contributed by atoms with Crippen LogP contribution in [0.25, 0.3) is 0 Å². The van der Waals surface area contributed by atoms with E-state index in [1.54, 1.807) is 4.88 Å². The molecule has 1 aliphatic carbocycles. The van der Waals surface area contributed by atoms with E-state index in [0.29, 0.717) is 0 Å². The molecule has 3 rings (SSSR count). The van der Waals surface area contributed by atoms with E-state index in [-0.39, 0.29) is 0 Å². The molecule has 2 heterocycles. The third-order valence-corrected chi connectivity index (χ3v) is 4.00. The van der Waals surface area contributed by atoms with Gasteiger partial charge in [-0.25, -0.2) is 4.98 Å². The molecule has 12 heavy (non-hydrogen) atoms. The van der Waals surface area contributed by atoms with Gasteiger partial charge in [-0.2, -0.15) is 0 Å². The van der Waals surface area contributed by atoms with Gasteiger partial charge in [-0.3, -0.25) is 0 Å². The van der Waals surface area contributed by atoms with Crippen LogP contribution in [0, 0.1) is 5.92 Å². The minimum Gasteiger partial charge on any atom is -0.316 e. The summed E-state index contributed by atoms with van der Waals surface area (Å²) in [7, 11) is 0. The number of nitrogens with zero attached hydrogens (tertiary/aromatic N) is 1. The number of hydrogen-bond donors (Lipinski definition) is 1. The van der Waals surface area contributed by atoms with Crippen LogP contribution in [0.4, 0.5) is 0 Å². The van der Waals surface area contributed by atoms with Gasteiger partial charge in [0.15, 0.2) is 0 Å². The van der Waals surface area contributed by atoms with Crippen molar-refractivity contribution in [1.29, 1.82) is 0 Å². The van der Waals surface area contributed by atoms with Crippen molar-refractivity contribution in [2.24, 2.45) is 5.92 Å². The number of thiazole rings is 1. The monoisotopic (exact) mass is 180 g/mol. The zero-order chi connectivity index (χ0) is 7.97. The summed E-state index contributed by atoms with van der Waals surface area (Å²) in [5.41, 5.74) is 3.40. The predicted molar refractivity (Wildman–Crippen MR) is 49.5 cm³/mol. The molecule has 0 spiro atoms. The number of aromatic nitrogens is 1. The number of hydrogen-bond acceptors (Lipinski definition) is 3. The molecule has 0 aromatic carbocycles. The molecular formula is C9H12N2S. The molecule has 64 valence electrons. The molecule has 2 nitrogen and oxygen atoms in total. The average molecular weight is 180 g/mol. The summed E-state index contributed by atoms with van der Waals surface area (Å²) in [4.78, 5) is 5.98. The second-order valence-corrected chi connectivity index (χ2v) is 4.71. The molecular weight excluding hydrogens is 168 g/mol. The van der Waals surface area contributed by atoms with Crippen LogP contribution >= 0.6 is 11.3 Å². The van der Waals surface area contributed by atoms with E-state index in [9.17, 15) is 0 Å². The lowest BCUT2D eigenvalue weighted by Gasteiger charge is -2.33. The van der Waals surface area contributed by atoms with Crippen molar-refractivity contribution >= 4 is 11.3 Å². The molecule has 1 N–H and O–H groups in total. The van der Waals surface area contributed by atoms with Crippen LogP contribution in [0.15, 0.2) is 5.51 Å².